The van der Waals surface area contributed by atoms with E-state index in [0.717, 1.165) is 32.9 Å². The Morgan fingerprint density at radius 1 is 0.500 bits per heavy atom. The van der Waals surface area contributed by atoms with Crippen LogP contribution >= 0.6 is 11.3 Å². The van der Waals surface area contributed by atoms with Crippen LogP contribution in [0.25, 0.3) is 92.3 Å². The SMILES string of the molecule is c1ccc(-c2nc(-n3c4cccc5c4c4c6c(cccc6ccc43)-c3ccccc3-5)c3sc4ccccc4c3n2)cc1. The summed E-state index contributed by atoms with van der Waals surface area (Å²) >= 11 is 1.78. The minimum atomic E-state index is 0.742. The second-order valence-corrected chi connectivity index (χ2v) is 12.0. The number of nitrogens with zero attached hydrogens (tertiary/aromatic N) is 3. The second kappa shape index (κ2) is 8.12. The molecule has 0 unspecified atom stereocenters. The highest BCUT2D eigenvalue weighted by Crippen LogP contribution is 2.50. The maximum atomic E-state index is 5.37. The minimum Gasteiger partial charge on any atom is -0.292 e. The van der Waals surface area contributed by atoms with Gasteiger partial charge in [0, 0.05) is 26.4 Å². The average Bonchev–Trinajstić information content (AvgIpc) is 3.56. The van der Waals surface area contributed by atoms with E-state index in [-0.39, 0.29) is 0 Å². The molecule has 0 aliphatic heterocycles. The zero-order valence-electron chi connectivity index (χ0n) is 22.4. The van der Waals surface area contributed by atoms with E-state index < -0.39 is 0 Å². The zero-order chi connectivity index (χ0) is 27.4. The van der Waals surface area contributed by atoms with Crippen molar-refractivity contribution >= 4 is 64.2 Å². The molecule has 0 atom stereocenters. The fourth-order valence-electron chi connectivity index (χ4n) is 7.00. The molecule has 0 bridgehead atoms. The fraction of sp³-hybridized carbons (Fsp3) is 0. The van der Waals surface area contributed by atoms with Crippen LogP contribution in [0.4, 0.5) is 0 Å². The van der Waals surface area contributed by atoms with Crippen molar-refractivity contribution in [2.75, 3.05) is 0 Å². The van der Waals surface area contributed by atoms with Crippen molar-refractivity contribution < 1.29 is 0 Å². The Kier molecular flexibility index (Phi) is 4.33. The van der Waals surface area contributed by atoms with Gasteiger partial charge in [-0.3, -0.25) is 4.57 Å². The maximum Gasteiger partial charge on any atom is 0.162 e. The van der Waals surface area contributed by atoms with Gasteiger partial charge in [-0.1, -0.05) is 109 Å². The molecular weight excluding hydrogens is 531 g/mol. The summed E-state index contributed by atoms with van der Waals surface area (Å²) in [6, 6.07) is 45.7. The molecule has 9 aromatic rings. The number of aromatic nitrogens is 3. The molecule has 194 valence electrons. The Balaban J connectivity index is 1.44. The third-order valence-corrected chi connectivity index (χ3v) is 9.91. The van der Waals surface area contributed by atoms with Crippen molar-refractivity contribution in [3.05, 3.63) is 127 Å². The lowest BCUT2D eigenvalue weighted by molar-refractivity contribution is 1.08. The van der Waals surface area contributed by atoms with Gasteiger partial charge in [-0.25, -0.2) is 9.97 Å². The Hall–Kier alpha value is -5.32. The summed E-state index contributed by atoms with van der Waals surface area (Å²) in [5.74, 6) is 1.68. The predicted molar refractivity (Wildman–Crippen MR) is 177 cm³/mol. The molecule has 3 heterocycles. The smallest absolute Gasteiger partial charge is 0.162 e. The third-order valence-electron chi connectivity index (χ3n) is 8.75. The number of hydrogen-bond donors (Lipinski definition) is 0. The first-order valence-electron chi connectivity index (χ1n) is 14.2. The molecule has 3 aromatic heterocycles. The highest BCUT2D eigenvalue weighted by atomic mass is 32.1. The second-order valence-electron chi connectivity index (χ2n) is 11.0. The van der Waals surface area contributed by atoms with E-state index in [1.807, 2.05) is 6.07 Å². The van der Waals surface area contributed by atoms with Crippen LogP contribution in [0.1, 0.15) is 0 Å². The van der Waals surface area contributed by atoms with Gasteiger partial charge in [0.15, 0.2) is 11.6 Å². The van der Waals surface area contributed by atoms with Crippen molar-refractivity contribution in [1.29, 1.82) is 0 Å². The van der Waals surface area contributed by atoms with E-state index in [1.165, 1.54) is 59.4 Å². The van der Waals surface area contributed by atoms with Gasteiger partial charge in [-0.2, -0.15) is 0 Å². The fourth-order valence-corrected chi connectivity index (χ4v) is 8.12. The Morgan fingerprint density at radius 2 is 1.19 bits per heavy atom. The molecule has 1 aliphatic rings. The minimum absolute atomic E-state index is 0.742. The third kappa shape index (κ3) is 2.84. The molecule has 0 N–H and O–H groups in total. The lowest BCUT2D eigenvalue weighted by Gasteiger charge is -2.14. The quantitative estimate of drug-likeness (QED) is 0.214. The molecule has 4 heteroatoms. The largest absolute Gasteiger partial charge is 0.292 e. The number of hydrogen-bond acceptors (Lipinski definition) is 3. The van der Waals surface area contributed by atoms with Crippen LogP contribution in [-0.4, -0.2) is 14.5 Å². The summed E-state index contributed by atoms with van der Waals surface area (Å²) in [5, 5.41) is 6.30. The average molecular weight is 552 g/mol. The summed E-state index contributed by atoms with van der Waals surface area (Å²) in [6.45, 7) is 0. The van der Waals surface area contributed by atoms with Crippen molar-refractivity contribution in [3.63, 3.8) is 0 Å². The van der Waals surface area contributed by atoms with Gasteiger partial charge in [0.05, 0.1) is 21.3 Å². The molecule has 0 spiro atoms. The predicted octanol–water partition coefficient (Wildman–Crippen LogP) is 10.4. The van der Waals surface area contributed by atoms with Crippen molar-refractivity contribution in [3.8, 4) is 39.5 Å². The Labute approximate surface area is 245 Å². The van der Waals surface area contributed by atoms with Gasteiger partial charge in [-0.05, 0) is 51.2 Å². The zero-order valence-corrected chi connectivity index (χ0v) is 23.2. The van der Waals surface area contributed by atoms with Gasteiger partial charge in [0.1, 0.15) is 0 Å². The maximum absolute atomic E-state index is 5.37. The van der Waals surface area contributed by atoms with Crippen LogP contribution in [0.15, 0.2) is 127 Å². The normalized spacial score (nSPS) is 12.3. The van der Waals surface area contributed by atoms with E-state index in [0.29, 0.717) is 0 Å². The van der Waals surface area contributed by atoms with Crippen LogP contribution in [0, 0.1) is 0 Å². The summed E-state index contributed by atoms with van der Waals surface area (Å²) in [4.78, 5) is 10.5. The van der Waals surface area contributed by atoms with Gasteiger partial charge >= 0.3 is 0 Å². The molecule has 0 fully saturated rings. The lowest BCUT2D eigenvalue weighted by atomic mass is 9.93. The van der Waals surface area contributed by atoms with Gasteiger partial charge < -0.3 is 0 Å². The van der Waals surface area contributed by atoms with Gasteiger partial charge in [-0.15, -0.1) is 11.3 Å². The first kappa shape index (κ1) is 22.4. The van der Waals surface area contributed by atoms with Gasteiger partial charge in [0.25, 0.3) is 0 Å². The van der Waals surface area contributed by atoms with Crippen LogP contribution in [0.2, 0.25) is 0 Å². The van der Waals surface area contributed by atoms with Gasteiger partial charge in [0.2, 0.25) is 0 Å². The molecule has 0 radical (unpaired) electrons. The van der Waals surface area contributed by atoms with Crippen LogP contribution in [0.3, 0.4) is 0 Å². The Bertz CT molecular complexity index is 2570. The first-order chi connectivity index (χ1) is 20.8. The standard InChI is InChI=1S/C38H21N3S/c1-2-10-23(11-3-1)37-39-35-28-15-6-7-19-31(28)42-36(35)38(40-37)41-29-18-9-17-27-25-14-5-4-13-24(25)26-16-8-12-22-20-21-30(41)34(32(22)26)33(27)29/h1-21H. The summed E-state index contributed by atoms with van der Waals surface area (Å²) in [5.41, 5.74) is 9.45. The van der Waals surface area contributed by atoms with E-state index in [4.69, 9.17) is 9.97 Å². The van der Waals surface area contributed by atoms with Crippen molar-refractivity contribution in [2.24, 2.45) is 0 Å². The first-order valence-corrected chi connectivity index (χ1v) is 15.0. The number of benzene rings is 6. The topological polar surface area (TPSA) is 30.7 Å². The molecule has 10 rings (SSSR count). The molecule has 1 aliphatic carbocycles. The van der Waals surface area contributed by atoms with Crippen LogP contribution in [-0.2, 0) is 0 Å². The highest BCUT2D eigenvalue weighted by molar-refractivity contribution is 7.26. The van der Waals surface area contributed by atoms with E-state index in [2.05, 4.69) is 126 Å². The summed E-state index contributed by atoms with van der Waals surface area (Å²) in [7, 11) is 0. The van der Waals surface area contributed by atoms with Crippen molar-refractivity contribution in [2.45, 2.75) is 0 Å². The van der Waals surface area contributed by atoms with Crippen molar-refractivity contribution in [1.82, 2.24) is 14.5 Å². The number of rotatable bonds is 2. The van der Waals surface area contributed by atoms with E-state index in [1.54, 1.807) is 11.3 Å². The number of fused-ring (bicyclic) bond motifs is 6. The Morgan fingerprint density at radius 3 is 2.05 bits per heavy atom. The molecular formula is C38H21N3S. The molecule has 6 aromatic carbocycles. The molecule has 0 amide bonds. The number of thiophene rings is 1. The monoisotopic (exact) mass is 551 g/mol. The lowest BCUT2D eigenvalue weighted by Crippen LogP contribution is -2.01. The molecule has 3 nitrogen and oxygen atoms in total. The molecule has 0 saturated heterocycles. The summed E-state index contributed by atoms with van der Waals surface area (Å²) < 4.78 is 4.72. The van der Waals surface area contributed by atoms with Crippen LogP contribution in [0.5, 0.6) is 0 Å². The molecule has 0 saturated carbocycles. The van der Waals surface area contributed by atoms with Crippen LogP contribution < -0.4 is 0 Å². The molecule has 42 heavy (non-hydrogen) atoms. The summed E-state index contributed by atoms with van der Waals surface area (Å²) in [6.07, 6.45) is 0. The van der Waals surface area contributed by atoms with E-state index >= 15 is 0 Å². The van der Waals surface area contributed by atoms with E-state index in [9.17, 15) is 0 Å². The highest BCUT2D eigenvalue weighted by Gasteiger charge is 2.26.